The maximum atomic E-state index is 12.6. The number of hydrazone groups is 1. The Morgan fingerprint density at radius 1 is 1.17 bits per heavy atom. The fourth-order valence-corrected chi connectivity index (χ4v) is 3.60. The number of guanidine groups is 1. The number of halogens is 1. The van der Waals surface area contributed by atoms with E-state index in [0.29, 0.717) is 17.5 Å². The number of benzene rings is 2. The van der Waals surface area contributed by atoms with E-state index in [1.165, 1.54) is 4.90 Å². The van der Waals surface area contributed by atoms with Gasteiger partial charge >= 0.3 is 6.03 Å². The molecule has 30 heavy (non-hydrogen) atoms. The van der Waals surface area contributed by atoms with Crippen LogP contribution in [0.15, 0.2) is 64.7 Å². The summed E-state index contributed by atoms with van der Waals surface area (Å²) in [5.74, 6) is 0.0845. The van der Waals surface area contributed by atoms with Crippen molar-refractivity contribution in [1.82, 2.24) is 20.5 Å². The molecule has 2 atom stereocenters. The molecule has 2 unspecified atom stereocenters. The van der Waals surface area contributed by atoms with Gasteiger partial charge < -0.3 is 9.80 Å². The maximum absolute atomic E-state index is 12.6. The molecule has 1 saturated heterocycles. The van der Waals surface area contributed by atoms with Crippen molar-refractivity contribution in [2.45, 2.75) is 18.6 Å². The average molecular weight is 425 g/mol. The van der Waals surface area contributed by atoms with E-state index in [1.54, 1.807) is 25.4 Å². The van der Waals surface area contributed by atoms with Crippen LogP contribution in [0.4, 0.5) is 4.79 Å². The second-order valence-corrected chi connectivity index (χ2v) is 7.50. The molecule has 8 nitrogen and oxygen atoms in total. The molecule has 2 N–H and O–H groups in total. The van der Waals surface area contributed by atoms with Gasteiger partial charge in [0.25, 0.3) is 5.91 Å². The van der Waals surface area contributed by atoms with Gasteiger partial charge in [0.2, 0.25) is 5.96 Å². The number of carbonyl (C=O) groups is 2. The van der Waals surface area contributed by atoms with Crippen LogP contribution >= 0.6 is 11.6 Å². The molecule has 1 fully saturated rings. The molecule has 2 aliphatic rings. The highest BCUT2D eigenvalue weighted by atomic mass is 35.5. The van der Waals surface area contributed by atoms with Gasteiger partial charge in [0, 0.05) is 18.6 Å². The number of amides is 3. The van der Waals surface area contributed by atoms with Gasteiger partial charge in [0.05, 0.1) is 6.21 Å². The number of carbonyl (C=O) groups excluding carboxylic acids is 2. The number of hydrogen-bond acceptors (Lipinski definition) is 6. The molecule has 0 saturated carbocycles. The van der Waals surface area contributed by atoms with Gasteiger partial charge in [-0.1, -0.05) is 54.1 Å². The molecule has 9 heteroatoms. The second-order valence-electron chi connectivity index (χ2n) is 7.07. The van der Waals surface area contributed by atoms with Gasteiger partial charge in [-0.25, -0.2) is 15.2 Å². The largest absolute Gasteiger partial charge is 0.325 e. The molecule has 2 aliphatic heterocycles. The third-order valence-electron chi connectivity index (χ3n) is 5.09. The summed E-state index contributed by atoms with van der Waals surface area (Å²) in [6, 6.07) is 16.2. The monoisotopic (exact) mass is 424 g/mol. The number of fused-ring (bicyclic) bond motifs is 1. The molecule has 3 amide bonds. The summed E-state index contributed by atoms with van der Waals surface area (Å²) in [6.45, 7) is 0.545. The second kappa shape index (κ2) is 8.54. The van der Waals surface area contributed by atoms with Crippen LogP contribution in [0.2, 0.25) is 5.02 Å². The van der Waals surface area contributed by atoms with E-state index in [2.05, 4.69) is 20.8 Å². The Hall–Kier alpha value is -3.39. The first kappa shape index (κ1) is 19.9. The van der Waals surface area contributed by atoms with Crippen molar-refractivity contribution < 1.29 is 9.59 Å². The van der Waals surface area contributed by atoms with E-state index in [0.717, 1.165) is 17.5 Å². The van der Waals surface area contributed by atoms with Crippen molar-refractivity contribution in [1.29, 1.82) is 0 Å². The Kier molecular flexibility index (Phi) is 5.67. The average Bonchev–Trinajstić information content (AvgIpc) is 3.12. The van der Waals surface area contributed by atoms with Gasteiger partial charge in [-0.05, 0) is 29.7 Å². The van der Waals surface area contributed by atoms with Crippen molar-refractivity contribution in [3.8, 4) is 0 Å². The molecule has 0 spiro atoms. The number of nitrogens with zero attached hydrogens (tertiary/aromatic N) is 4. The lowest BCUT2D eigenvalue weighted by Gasteiger charge is -2.36. The fraction of sp³-hybridized carbons (Fsp3) is 0.238. The normalized spacial score (nSPS) is 20.9. The summed E-state index contributed by atoms with van der Waals surface area (Å²) in [5.41, 5.74) is 4.95. The van der Waals surface area contributed by atoms with E-state index in [9.17, 15) is 9.59 Å². The van der Waals surface area contributed by atoms with Crippen LogP contribution in [0.25, 0.3) is 0 Å². The number of urea groups is 1. The van der Waals surface area contributed by atoms with Crippen LogP contribution < -0.4 is 10.7 Å². The number of rotatable bonds is 5. The van der Waals surface area contributed by atoms with Gasteiger partial charge in [-0.2, -0.15) is 5.10 Å². The van der Waals surface area contributed by atoms with Crippen molar-refractivity contribution in [2.24, 2.45) is 10.1 Å². The first-order valence-corrected chi connectivity index (χ1v) is 9.91. The number of likely N-dealkylation sites (N-methyl/N-ethyl adjacent to an activating group) is 1. The predicted molar refractivity (Wildman–Crippen MR) is 115 cm³/mol. The van der Waals surface area contributed by atoms with Gasteiger partial charge in [0.15, 0.2) is 12.2 Å². The van der Waals surface area contributed by atoms with E-state index >= 15 is 0 Å². The quantitative estimate of drug-likeness (QED) is 0.568. The highest BCUT2D eigenvalue weighted by molar-refractivity contribution is 6.30. The Morgan fingerprint density at radius 2 is 1.90 bits per heavy atom. The molecular formula is C21H21ClN6O2. The van der Waals surface area contributed by atoms with Crippen LogP contribution in [0.5, 0.6) is 0 Å². The number of nitrogens with one attached hydrogen (secondary N) is 2. The van der Waals surface area contributed by atoms with Crippen LogP contribution in [0.3, 0.4) is 0 Å². The van der Waals surface area contributed by atoms with E-state index in [-0.39, 0.29) is 5.91 Å². The van der Waals surface area contributed by atoms with Crippen LogP contribution in [0.1, 0.15) is 11.1 Å². The van der Waals surface area contributed by atoms with Gasteiger partial charge in [0.1, 0.15) is 0 Å². The molecule has 2 aromatic rings. The third-order valence-corrected chi connectivity index (χ3v) is 5.35. The minimum absolute atomic E-state index is 0.363. The summed E-state index contributed by atoms with van der Waals surface area (Å²) >= 11 is 5.91. The molecule has 0 aromatic heterocycles. The van der Waals surface area contributed by atoms with Crippen molar-refractivity contribution in [2.75, 3.05) is 13.6 Å². The summed E-state index contributed by atoms with van der Waals surface area (Å²) in [4.78, 5) is 32.4. The topological polar surface area (TPSA) is 89.4 Å². The smallest absolute Gasteiger partial charge is 0.325 e. The van der Waals surface area contributed by atoms with Crippen LogP contribution in [-0.4, -0.2) is 59.7 Å². The van der Waals surface area contributed by atoms with Gasteiger partial charge in [-0.3, -0.25) is 10.1 Å². The summed E-state index contributed by atoms with van der Waals surface area (Å²) in [6.07, 6.45) is 1.76. The molecule has 2 heterocycles. The molecular weight excluding hydrogens is 404 g/mol. The van der Waals surface area contributed by atoms with Crippen molar-refractivity contribution >= 4 is 35.7 Å². The third kappa shape index (κ3) is 4.13. The molecule has 0 bridgehead atoms. The Labute approximate surface area is 179 Å². The molecule has 4 rings (SSSR count). The molecule has 2 aromatic carbocycles. The van der Waals surface area contributed by atoms with E-state index < -0.39 is 18.2 Å². The minimum Gasteiger partial charge on any atom is -0.325 e. The number of imide groups is 1. The summed E-state index contributed by atoms with van der Waals surface area (Å²) in [5, 5.41) is 7.30. The molecule has 0 radical (unpaired) electrons. The Balaban J connectivity index is 1.53. The zero-order valence-corrected chi connectivity index (χ0v) is 17.1. The highest BCUT2D eigenvalue weighted by Gasteiger charge is 2.48. The Bertz CT molecular complexity index is 992. The predicted octanol–water partition coefficient (Wildman–Crippen LogP) is 2.05. The highest BCUT2D eigenvalue weighted by Crippen LogP contribution is 2.23. The summed E-state index contributed by atoms with van der Waals surface area (Å²) < 4.78 is 0. The standard InChI is InChI=1S/C21H21ClN6O2/c1-27-18-17(19(29)25-21(27)30)28(12-11-14-5-3-2-4-6-14)20(24-18)26-23-13-15-7-9-16(22)10-8-15/h2-10,13,17-18H,11-12H2,1H3,(H,24,26)(H,25,29,30)/b23-13+. The first-order chi connectivity index (χ1) is 14.5. The lowest BCUT2D eigenvalue weighted by atomic mass is 10.1. The van der Waals surface area contributed by atoms with Crippen LogP contribution in [0, 0.1) is 0 Å². The Morgan fingerprint density at radius 3 is 2.63 bits per heavy atom. The van der Waals surface area contributed by atoms with Gasteiger partial charge in [-0.15, -0.1) is 0 Å². The number of hydrogen-bond donors (Lipinski definition) is 2. The first-order valence-electron chi connectivity index (χ1n) is 9.53. The minimum atomic E-state index is -0.607. The zero-order chi connectivity index (χ0) is 21.1. The molecule has 154 valence electrons. The lowest BCUT2D eigenvalue weighted by molar-refractivity contribution is -0.127. The van der Waals surface area contributed by atoms with Crippen molar-refractivity contribution in [3.63, 3.8) is 0 Å². The SMILES string of the molecule is CN1C(=O)NC(=O)C2C1N=C(N/N=C/c1ccc(Cl)cc1)N2CCc1ccccc1. The van der Waals surface area contributed by atoms with E-state index in [1.807, 2.05) is 47.4 Å². The van der Waals surface area contributed by atoms with Crippen molar-refractivity contribution in [3.05, 3.63) is 70.7 Å². The maximum Gasteiger partial charge on any atom is 0.325 e. The zero-order valence-electron chi connectivity index (χ0n) is 16.3. The summed E-state index contributed by atoms with van der Waals surface area (Å²) in [7, 11) is 1.62. The molecule has 0 aliphatic carbocycles. The van der Waals surface area contributed by atoms with E-state index in [4.69, 9.17) is 11.6 Å². The fourth-order valence-electron chi connectivity index (χ4n) is 3.47. The number of aliphatic imine (C=N–C) groups is 1. The van der Waals surface area contributed by atoms with Crippen LogP contribution in [-0.2, 0) is 11.2 Å². The lowest BCUT2D eigenvalue weighted by Crippen LogP contribution is -2.64.